The molecule has 0 aliphatic carbocycles. The van der Waals surface area contributed by atoms with Crippen LogP contribution in [0.25, 0.3) is 0 Å². The minimum absolute atomic E-state index is 0.0477. The Hall–Kier alpha value is -2.84. The van der Waals surface area contributed by atoms with Gasteiger partial charge in [-0.2, -0.15) is 0 Å². The van der Waals surface area contributed by atoms with Gasteiger partial charge < -0.3 is 20.1 Å². The highest BCUT2D eigenvalue weighted by Gasteiger charge is 2.20. The average molecular weight is 353 g/mol. The van der Waals surface area contributed by atoms with Gasteiger partial charge in [0.1, 0.15) is 5.69 Å². The van der Waals surface area contributed by atoms with E-state index < -0.39 is 23.0 Å². The van der Waals surface area contributed by atoms with Gasteiger partial charge in [-0.15, -0.1) is 0 Å². The van der Waals surface area contributed by atoms with Gasteiger partial charge in [0.15, 0.2) is 0 Å². The molecule has 0 spiro atoms. The first kappa shape index (κ1) is 20.2. The highest BCUT2D eigenvalue weighted by Crippen LogP contribution is 2.24. The summed E-state index contributed by atoms with van der Waals surface area (Å²) in [7, 11) is 1.25. The van der Waals surface area contributed by atoms with Crippen molar-refractivity contribution in [2.45, 2.75) is 32.2 Å². The summed E-state index contributed by atoms with van der Waals surface area (Å²) in [6.07, 6.45) is 0.982. The molecule has 1 atom stereocenters. The molecule has 0 fully saturated rings. The van der Waals surface area contributed by atoms with Crippen molar-refractivity contribution in [2.75, 3.05) is 25.6 Å². The molecule has 0 saturated carbocycles. The molecular formula is C16H23N3O6. The lowest BCUT2D eigenvalue weighted by molar-refractivity contribution is -0.384. The zero-order chi connectivity index (χ0) is 18.7. The van der Waals surface area contributed by atoms with E-state index in [-0.39, 0.29) is 24.3 Å². The van der Waals surface area contributed by atoms with Crippen LogP contribution in [0.2, 0.25) is 0 Å². The fourth-order valence-corrected chi connectivity index (χ4v) is 2.00. The molecule has 9 heteroatoms. The highest BCUT2D eigenvalue weighted by molar-refractivity contribution is 5.72. The van der Waals surface area contributed by atoms with Crippen LogP contribution in [0.1, 0.15) is 26.2 Å². The van der Waals surface area contributed by atoms with Crippen molar-refractivity contribution < 1.29 is 24.0 Å². The van der Waals surface area contributed by atoms with E-state index >= 15 is 0 Å². The molecule has 2 N–H and O–H groups in total. The number of ether oxygens (including phenoxy) is 2. The number of unbranched alkanes of at least 4 members (excludes halogenated alkanes) is 1. The number of hydrogen-bond donors (Lipinski definition) is 2. The average Bonchev–Trinajstić information content (AvgIpc) is 2.60. The molecule has 9 nitrogen and oxygen atoms in total. The van der Waals surface area contributed by atoms with Gasteiger partial charge in [0, 0.05) is 12.6 Å². The maximum atomic E-state index is 11.6. The van der Waals surface area contributed by atoms with Crippen LogP contribution in [-0.4, -0.2) is 43.3 Å². The molecule has 1 aromatic rings. The zero-order valence-electron chi connectivity index (χ0n) is 14.3. The van der Waals surface area contributed by atoms with Gasteiger partial charge in [0.2, 0.25) is 0 Å². The number of methoxy groups -OCH3 is 1. The van der Waals surface area contributed by atoms with Crippen LogP contribution in [0.5, 0.6) is 0 Å². The quantitative estimate of drug-likeness (QED) is 0.287. The van der Waals surface area contributed by atoms with E-state index in [9.17, 15) is 19.7 Å². The van der Waals surface area contributed by atoms with Crippen molar-refractivity contribution in [1.29, 1.82) is 0 Å². The van der Waals surface area contributed by atoms with E-state index in [1.165, 1.54) is 19.2 Å². The standard InChI is InChI=1S/C16H23N3O6/c1-3-4-9-25-16(21)17-11-12(10-15(20)24-2)18-13-7-5-6-8-14(13)19(22)23/h5-8,12,18H,3-4,9-11H2,1-2H3,(H,17,21). The maximum Gasteiger partial charge on any atom is 0.407 e. The second kappa shape index (κ2) is 10.8. The summed E-state index contributed by atoms with van der Waals surface area (Å²) in [5.41, 5.74) is 0.130. The number of benzene rings is 1. The lowest BCUT2D eigenvalue weighted by Crippen LogP contribution is -2.38. The predicted octanol–water partition coefficient (Wildman–Crippen LogP) is 2.46. The van der Waals surface area contributed by atoms with Crippen LogP contribution >= 0.6 is 0 Å². The number of para-hydroxylation sites is 2. The van der Waals surface area contributed by atoms with Crippen molar-refractivity contribution in [3.63, 3.8) is 0 Å². The van der Waals surface area contributed by atoms with Gasteiger partial charge in [-0.1, -0.05) is 25.5 Å². The number of rotatable bonds is 10. The van der Waals surface area contributed by atoms with Crippen LogP contribution in [0.15, 0.2) is 24.3 Å². The lowest BCUT2D eigenvalue weighted by atomic mass is 10.1. The molecule has 0 aliphatic rings. The monoisotopic (exact) mass is 353 g/mol. The third-order valence-corrected chi connectivity index (χ3v) is 3.32. The predicted molar refractivity (Wildman–Crippen MR) is 91.4 cm³/mol. The summed E-state index contributed by atoms with van der Waals surface area (Å²) in [5, 5.41) is 16.5. The fraction of sp³-hybridized carbons (Fsp3) is 0.500. The van der Waals surface area contributed by atoms with Crippen molar-refractivity contribution in [2.24, 2.45) is 0 Å². The molecule has 138 valence electrons. The van der Waals surface area contributed by atoms with E-state index in [2.05, 4.69) is 15.4 Å². The van der Waals surface area contributed by atoms with Crippen molar-refractivity contribution in [1.82, 2.24) is 5.32 Å². The van der Waals surface area contributed by atoms with Crippen molar-refractivity contribution in [3.05, 3.63) is 34.4 Å². The van der Waals surface area contributed by atoms with Gasteiger partial charge in [-0.3, -0.25) is 14.9 Å². The second-order valence-electron chi connectivity index (χ2n) is 5.27. The first-order valence-electron chi connectivity index (χ1n) is 7.95. The smallest absolute Gasteiger partial charge is 0.407 e. The Morgan fingerprint density at radius 3 is 2.68 bits per heavy atom. The molecule has 0 aromatic heterocycles. The topological polar surface area (TPSA) is 120 Å². The number of nitro benzene ring substituents is 1. The summed E-state index contributed by atoms with van der Waals surface area (Å²) in [6.45, 7) is 2.33. The van der Waals surface area contributed by atoms with Crippen LogP contribution in [0, 0.1) is 10.1 Å². The summed E-state index contributed by atoms with van der Waals surface area (Å²) < 4.78 is 9.60. The SMILES string of the molecule is CCCCOC(=O)NCC(CC(=O)OC)Nc1ccccc1[N+](=O)[O-]. The first-order chi connectivity index (χ1) is 12.0. The summed E-state index contributed by atoms with van der Waals surface area (Å²) in [4.78, 5) is 33.7. The molecule has 0 saturated heterocycles. The molecule has 1 aromatic carbocycles. The number of hydrogen-bond acceptors (Lipinski definition) is 7. The molecule has 1 unspecified atom stereocenters. The molecule has 1 amide bonds. The number of carbonyl (C=O) groups is 2. The van der Waals surface area contributed by atoms with Crippen LogP contribution in [0.3, 0.4) is 0 Å². The number of carbonyl (C=O) groups excluding carboxylic acids is 2. The van der Waals surface area contributed by atoms with Gasteiger partial charge in [0.25, 0.3) is 5.69 Å². The number of amides is 1. The second-order valence-corrected chi connectivity index (χ2v) is 5.27. The third kappa shape index (κ3) is 7.51. The highest BCUT2D eigenvalue weighted by atomic mass is 16.6. The molecule has 0 bridgehead atoms. The van der Waals surface area contributed by atoms with E-state index in [0.29, 0.717) is 6.61 Å². The minimum Gasteiger partial charge on any atom is -0.469 e. The number of anilines is 1. The Bertz CT molecular complexity index is 593. The Morgan fingerprint density at radius 1 is 1.32 bits per heavy atom. The van der Waals surface area contributed by atoms with E-state index in [1.807, 2.05) is 6.92 Å². The fourth-order valence-electron chi connectivity index (χ4n) is 2.00. The number of esters is 1. The maximum absolute atomic E-state index is 11.6. The van der Waals surface area contributed by atoms with Crippen LogP contribution in [-0.2, 0) is 14.3 Å². The third-order valence-electron chi connectivity index (χ3n) is 3.32. The van der Waals surface area contributed by atoms with Gasteiger partial charge in [-0.25, -0.2) is 4.79 Å². The first-order valence-corrected chi connectivity index (χ1v) is 7.95. The Morgan fingerprint density at radius 2 is 2.04 bits per heavy atom. The van der Waals surface area contributed by atoms with E-state index in [0.717, 1.165) is 12.8 Å². The van der Waals surface area contributed by atoms with Gasteiger partial charge in [0.05, 0.1) is 31.1 Å². The Balaban J connectivity index is 2.72. The summed E-state index contributed by atoms with van der Waals surface area (Å²) in [5.74, 6) is -0.503. The molecule has 25 heavy (non-hydrogen) atoms. The Labute approximate surface area is 145 Å². The van der Waals surface area contributed by atoms with E-state index in [1.54, 1.807) is 12.1 Å². The van der Waals surface area contributed by atoms with Gasteiger partial charge in [-0.05, 0) is 12.5 Å². The van der Waals surface area contributed by atoms with Gasteiger partial charge >= 0.3 is 12.1 Å². The van der Waals surface area contributed by atoms with Crippen molar-refractivity contribution >= 4 is 23.4 Å². The molecule has 0 aliphatic heterocycles. The molecule has 0 radical (unpaired) electrons. The largest absolute Gasteiger partial charge is 0.469 e. The molecule has 1 rings (SSSR count). The summed E-state index contributed by atoms with van der Waals surface area (Å²) in [6, 6.07) is 5.47. The number of nitro groups is 1. The van der Waals surface area contributed by atoms with Crippen LogP contribution < -0.4 is 10.6 Å². The summed E-state index contributed by atoms with van der Waals surface area (Å²) >= 11 is 0. The minimum atomic E-state index is -0.604. The van der Waals surface area contributed by atoms with Crippen LogP contribution in [0.4, 0.5) is 16.2 Å². The molecule has 0 heterocycles. The zero-order valence-corrected chi connectivity index (χ0v) is 14.3. The number of alkyl carbamates (subject to hydrolysis) is 1. The number of nitrogens with zero attached hydrogens (tertiary/aromatic N) is 1. The molecular weight excluding hydrogens is 330 g/mol. The Kier molecular flexibility index (Phi) is 8.77. The van der Waals surface area contributed by atoms with E-state index in [4.69, 9.17) is 4.74 Å². The number of nitrogens with one attached hydrogen (secondary N) is 2. The lowest BCUT2D eigenvalue weighted by Gasteiger charge is -2.19. The van der Waals surface area contributed by atoms with Crippen molar-refractivity contribution in [3.8, 4) is 0 Å². The normalized spacial score (nSPS) is 11.3.